The Balaban J connectivity index is 2.12. The Bertz CT molecular complexity index is 618. The second kappa shape index (κ2) is 4.88. The van der Waals surface area contributed by atoms with E-state index in [1.165, 1.54) is 11.1 Å². The summed E-state index contributed by atoms with van der Waals surface area (Å²) in [4.78, 5) is 11.6. The Morgan fingerprint density at radius 2 is 1.68 bits per heavy atom. The maximum Gasteiger partial charge on any atom is 0.248 e. The lowest BCUT2D eigenvalue weighted by atomic mass is 9.77. The molecule has 0 spiro atoms. The molecule has 96 valence electrons. The van der Waals surface area contributed by atoms with Gasteiger partial charge in [-0.3, -0.25) is 4.79 Å². The fraction of sp³-hybridized carbons (Fsp3) is 0.235. The van der Waals surface area contributed by atoms with Gasteiger partial charge in [0.25, 0.3) is 0 Å². The van der Waals surface area contributed by atoms with E-state index in [0.717, 1.165) is 24.8 Å². The van der Waals surface area contributed by atoms with Gasteiger partial charge >= 0.3 is 0 Å². The summed E-state index contributed by atoms with van der Waals surface area (Å²) in [7, 11) is 0. The van der Waals surface area contributed by atoms with Gasteiger partial charge in [-0.2, -0.15) is 0 Å². The normalized spacial score (nSPS) is 17.8. The third-order valence-corrected chi connectivity index (χ3v) is 3.97. The molecule has 2 heteroatoms. The molecule has 3 rings (SSSR count). The lowest BCUT2D eigenvalue weighted by Crippen LogP contribution is -2.18. The van der Waals surface area contributed by atoms with Gasteiger partial charge in [-0.05, 0) is 42.0 Å². The molecule has 0 heterocycles. The van der Waals surface area contributed by atoms with E-state index < -0.39 is 0 Å². The molecule has 2 aromatic rings. The van der Waals surface area contributed by atoms with Crippen LogP contribution in [0.3, 0.4) is 0 Å². The van der Waals surface area contributed by atoms with Crippen LogP contribution in [0, 0.1) is 0 Å². The highest BCUT2D eigenvalue weighted by atomic mass is 16.1. The molecule has 0 aliphatic heterocycles. The van der Waals surface area contributed by atoms with Gasteiger partial charge in [0.15, 0.2) is 0 Å². The van der Waals surface area contributed by atoms with Crippen LogP contribution in [0.15, 0.2) is 48.5 Å². The number of nitrogens with two attached hydrogens (primary N) is 1. The van der Waals surface area contributed by atoms with Crippen LogP contribution < -0.4 is 5.73 Å². The van der Waals surface area contributed by atoms with Crippen molar-refractivity contribution in [3.63, 3.8) is 0 Å². The molecule has 19 heavy (non-hydrogen) atoms. The van der Waals surface area contributed by atoms with E-state index in [-0.39, 0.29) is 5.91 Å². The summed E-state index contributed by atoms with van der Waals surface area (Å²) in [5, 5.41) is 0. The Labute approximate surface area is 113 Å². The minimum atomic E-state index is -0.335. The smallest absolute Gasteiger partial charge is 0.248 e. The van der Waals surface area contributed by atoms with Crippen LogP contribution in [0.5, 0.6) is 0 Å². The van der Waals surface area contributed by atoms with Crippen molar-refractivity contribution in [3.8, 4) is 0 Å². The maximum atomic E-state index is 11.6. The standard InChI is InChI=1S/C17H17NO/c18-17(19)16-10-4-3-9-15(16)14-11-5-7-12-6-1-2-8-13(12)14/h1-4,6,8-10,14H,5,7,11H2,(H2,18,19)/t14-/m1/s1. The van der Waals surface area contributed by atoms with Gasteiger partial charge < -0.3 is 5.73 Å². The summed E-state index contributed by atoms with van der Waals surface area (Å²) >= 11 is 0. The molecule has 1 aliphatic carbocycles. The molecule has 0 aromatic heterocycles. The quantitative estimate of drug-likeness (QED) is 0.874. The molecular formula is C17H17NO. The average Bonchev–Trinajstić information content (AvgIpc) is 2.46. The SMILES string of the molecule is NC(=O)c1ccccc1[C@@H]1CCCc2ccccc21. The summed E-state index contributed by atoms with van der Waals surface area (Å²) < 4.78 is 0. The van der Waals surface area contributed by atoms with Crippen molar-refractivity contribution in [2.75, 3.05) is 0 Å². The molecule has 0 fully saturated rings. The van der Waals surface area contributed by atoms with E-state index in [0.29, 0.717) is 11.5 Å². The number of hydrogen-bond donors (Lipinski definition) is 1. The first-order valence-corrected chi connectivity index (χ1v) is 6.74. The van der Waals surface area contributed by atoms with Gasteiger partial charge in [0.2, 0.25) is 5.91 Å². The number of aryl methyl sites for hydroxylation is 1. The first-order valence-electron chi connectivity index (χ1n) is 6.74. The van der Waals surface area contributed by atoms with E-state index in [9.17, 15) is 4.79 Å². The fourth-order valence-electron chi connectivity index (χ4n) is 3.10. The van der Waals surface area contributed by atoms with Crippen molar-refractivity contribution in [3.05, 3.63) is 70.8 Å². The van der Waals surface area contributed by atoms with Crippen molar-refractivity contribution in [1.82, 2.24) is 0 Å². The summed E-state index contributed by atoms with van der Waals surface area (Å²) in [6.07, 6.45) is 3.38. The van der Waals surface area contributed by atoms with Gasteiger partial charge in [0.05, 0.1) is 0 Å². The third-order valence-electron chi connectivity index (χ3n) is 3.97. The highest BCUT2D eigenvalue weighted by molar-refractivity contribution is 5.94. The van der Waals surface area contributed by atoms with Gasteiger partial charge in [-0.25, -0.2) is 0 Å². The van der Waals surface area contributed by atoms with Gasteiger partial charge in [-0.15, -0.1) is 0 Å². The van der Waals surface area contributed by atoms with Crippen molar-refractivity contribution >= 4 is 5.91 Å². The molecule has 0 saturated carbocycles. The average molecular weight is 251 g/mol. The molecule has 2 nitrogen and oxygen atoms in total. The van der Waals surface area contributed by atoms with Gasteiger partial charge in [0, 0.05) is 11.5 Å². The Morgan fingerprint density at radius 3 is 2.47 bits per heavy atom. The molecule has 0 unspecified atom stereocenters. The Morgan fingerprint density at radius 1 is 1.00 bits per heavy atom. The summed E-state index contributed by atoms with van der Waals surface area (Å²) in [5.74, 6) is -0.0349. The van der Waals surface area contributed by atoms with E-state index >= 15 is 0 Å². The largest absolute Gasteiger partial charge is 0.366 e. The zero-order valence-corrected chi connectivity index (χ0v) is 10.8. The predicted octanol–water partition coefficient (Wildman–Crippen LogP) is 3.25. The minimum absolute atomic E-state index is 0.300. The Kier molecular flexibility index (Phi) is 3.08. The van der Waals surface area contributed by atoms with Crippen LogP contribution in [0.4, 0.5) is 0 Å². The summed E-state index contributed by atoms with van der Waals surface area (Å²) in [6.45, 7) is 0. The van der Waals surface area contributed by atoms with Crippen molar-refractivity contribution in [2.24, 2.45) is 5.73 Å². The number of fused-ring (bicyclic) bond motifs is 1. The van der Waals surface area contributed by atoms with Crippen molar-refractivity contribution < 1.29 is 4.79 Å². The maximum absolute atomic E-state index is 11.6. The highest BCUT2D eigenvalue weighted by Crippen LogP contribution is 2.37. The number of carbonyl (C=O) groups excluding carboxylic acids is 1. The number of primary amides is 1. The molecule has 1 aliphatic rings. The topological polar surface area (TPSA) is 43.1 Å². The zero-order valence-electron chi connectivity index (χ0n) is 10.8. The second-order valence-corrected chi connectivity index (χ2v) is 5.10. The monoisotopic (exact) mass is 251 g/mol. The summed E-state index contributed by atoms with van der Waals surface area (Å²) in [5.41, 5.74) is 9.98. The summed E-state index contributed by atoms with van der Waals surface area (Å²) in [6, 6.07) is 16.2. The van der Waals surface area contributed by atoms with Crippen LogP contribution in [0.25, 0.3) is 0 Å². The number of benzene rings is 2. The van der Waals surface area contributed by atoms with E-state index in [2.05, 4.69) is 24.3 Å². The van der Waals surface area contributed by atoms with Crippen LogP contribution in [-0.2, 0) is 6.42 Å². The van der Waals surface area contributed by atoms with E-state index in [4.69, 9.17) is 5.73 Å². The van der Waals surface area contributed by atoms with Crippen molar-refractivity contribution in [2.45, 2.75) is 25.2 Å². The number of hydrogen-bond acceptors (Lipinski definition) is 1. The van der Waals surface area contributed by atoms with Crippen LogP contribution in [0.2, 0.25) is 0 Å². The van der Waals surface area contributed by atoms with E-state index in [1.807, 2.05) is 24.3 Å². The zero-order chi connectivity index (χ0) is 13.2. The Hall–Kier alpha value is -2.09. The molecule has 2 N–H and O–H groups in total. The molecule has 0 bridgehead atoms. The minimum Gasteiger partial charge on any atom is -0.366 e. The fourth-order valence-corrected chi connectivity index (χ4v) is 3.10. The van der Waals surface area contributed by atoms with Crippen LogP contribution in [0.1, 0.15) is 45.8 Å². The van der Waals surface area contributed by atoms with Gasteiger partial charge in [0.1, 0.15) is 0 Å². The third kappa shape index (κ3) is 2.14. The lowest BCUT2D eigenvalue weighted by Gasteiger charge is -2.27. The molecule has 2 aromatic carbocycles. The first-order chi connectivity index (χ1) is 9.27. The van der Waals surface area contributed by atoms with Crippen molar-refractivity contribution in [1.29, 1.82) is 0 Å². The predicted molar refractivity (Wildman–Crippen MR) is 76.2 cm³/mol. The molecule has 0 saturated heterocycles. The number of amides is 1. The number of rotatable bonds is 2. The second-order valence-electron chi connectivity index (χ2n) is 5.10. The highest BCUT2D eigenvalue weighted by Gasteiger charge is 2.24. The van der Waals surface area contributed by atoms with E-state index in [1.54, 1.807) is 0 Å². The molecule has 0 radical (unpaired) electrons. The molecular weight excluding hydrogens is 234 g/mol. The number of carbonyl (C=O) groups is 1. The molecule has 1 atom stereocenters. The van der Waals surface area contributed by atoms with Gasteiger partial charge in [-0.1, -0.05) is 42.5 Å². The first kappa shape index (κ1) is 12.0. The van der Waals surface area contributed by atoms with Crippen LogP contribution in [-0.4, -0.2) is 5.91 Å². The lowest BCUT2D eigenvalue weighted by molar-refractivity contribution is 0.0999. The van der Waals surface area contributed by atoms with Crippen LogP contribution >= 0.6 is 0 Å². The molecule has 1 amide bonds.